The highest BCUT2D eigenvalue weighted by Crippen LogP contribution is 2.28. The second-order valence-corrected chi connectivity index (χ2v) is 8.05. The lowest BCUT2D eigenvalue weighted by atomic mass is 10.2. The monoisotopic (exact) mass is 466 g/mol. The number of rotatable bonds is 10. The molecular weight excluding hydrogens is 440 g/mol. The van der Waals surface area contributed by atoms with Crippen molar-refractivity contribution in [2.45, 2.75) is 26.9 Å². The zero-order valence-electron chi connectivity index (χ0n) is 18.8. The fourth-order valence-corrected chi connectivity index (χ4v) is 3.67. The van der Waals surface area contributed by atoms with Gasteiger partial charge in [0.15, 0.2) is 11.5 Å². The van der Waals surface area contributed by atoms with Crippen molar-refractivity contribution in [2.75, 3.05) is 19.0 Å². The summed E-state index contributed by atoms with van der Waals surface area (Å²) in [6.45, 7) is 4.46. The molecule has 0 saturated carbocycles. The van der Waals surface area contributed by atoms with Gasteiger partial charge in [0, 0.05) is 17.1 Å². The van der Waals surface area contributed by atoms with Crippen LogP contribution in [-0.4, -0.2) is 30.6 Å². The molecular formula is C25H26N2O5S. The third kappa shape index (κ3) is 7.47. The standard InChI is InChI=1S/C25H26N2O5S/c1-4-31-21-11-7-18(13-22(21)30-3)8-12-25(29)32-15-20-16-33-24(27-20)14-23(28)26-19-9-5-17(2)6-10-19/h5-13,16H,4,14-15H2,1-3H3,(H,26,28)/b12-8+. The van der Waals surface area contributed by atoms with Gasteiger partial charge in [0.2, 0.25) is 5.91 Å². The number of hydrogen-bond acceptors (Lipinski definition) is 7. The molecule has 0 aliphatic carbocycles. The van der Waals surface area contributed by atoms with Gasteiger partial charge in [-0.3, -0.25) is 4.79 Å². The fourth-order valence-electron chi connectivity index (χ4n) is 2.90. The largest absolute Gasteiger partial charge is 0.493 e. The number of carbonyl (C=O) groups excluding carboxylic acids is 2. The Morgan fingerprint density at radius 3 is 2.64 bits per heavy atom. The molecule has 3 aromatic rings. The van der Waals surface area contributed by atoms with Gasteiger partial charge in [-0.05, 0) is 49.8 Å². The number of aryl methyl sites for hydroxylation is 1. The van der Waals surface area contributed by atoms with Crippen LogP contribution < -0.4 is 14.8 Å². The van der Waals surface area contributed by atoms with Gasteiger partial charge in [-0.1, -0.05) is 23.8 Å². The highest BCUT2D eigenvalue weighted by molar-refractivity contribution is 7.09. The Morgan fingerprint density at radius 2 is 1.91 bits per heavy atom. The van der Waals surface area contributed by atoms with E-state index < -0.39 is 5.97 Å². The summed E-state index contributed by atoms with van der Waals surface area (Å²) < 4.78 is 16.0. The molecule has 0 fully saturated rings. The highest BCUT2D eigenvalue weighted by Gasteiger charge is 2.10. The van der Waals surface area contributed by atoms with E-state index >= 15 is 0 Å². The molecule has 1 aromatic heterocycles. The van der Waals surface area contributed by atoms with E-state index in [4.69, 9.17) is 14.2 Å². The maximum atomic E-state index is 12.2. The van der Waals surface area contributed by atoms with E-state index in [1.54, 1.807) is 30.7 Å². The second kappa shape index (κ2) is 11.8. The average Bonchev–Trinajstić information content (AvgIpc) is 3.25. The molecule has 1 N–H and O–H groups in total. The Bertz CT molecular complexity index is 1120. The Morgan fingerprint density at radius 1 is 1.12 bits per heavy atom. The van der Waals surface area contributed by atoms with Crippen LogP contribution in [0.2, 0.25) is 0 Å². The van der Waals surface area contributed by atoms with Crippen LogP contribution in [0.5, 0.6) is 11.5 Å². The number of nitrogens with one attached hydrogen (secondary N) is 1. The van der Waals surface area contributed by atoms with E-state index in [-0.39, 0.29) is 18.9 Å². The molecule has 0 spiro atoms. The summed E-state index contributed by atoms with van der Waals surface area (Å²) in [5, 5.41) is 5.28. The minimum absolute atomic E-state index is 0.0336. The number of carbonyl (C=O) groups is 2. The highest BCUT2D eigenvalue weighted by atomic mass is 32.1. The molecule has 0 saturated heterocycles. The number of thiazole rings is 1. The predicted molar refractivity (Wildman–Crippen MR) is 129 cm³/mol. The number of aromatic nitrogens is 1. The van der Waals surface area contributed by atoms with Crippen molar-refractivity contribution >= 4 is 35.0 Å². The molecule has 7 nitrogen and oxygen atoms in total. The lowest BCUT2D eigenvalue weighted by molar-refractivity contribution is -0.139. The molecule has 172 valence electrons. The third-order valence-corrected chi connectivity index (χ3v) is 5.41. The van der Waals surface area contributed by atoms with E-state index in [0.717, 1.165) is 16.8 Å². The van der Waals surface area contributed by atoms with Crippen LogP contribution in [0, 0.1) is 6.92 Å². The number of methoxy groups -OCH3 is 1. The quantitative estimate of drug-likeness (QED) is 0.341. The molecule has 0 atom stereocenters. The first-order valence-electron chi connectivity index (χ1n) is 10.4. The Hall–Kier alpha value is -3.65. The molecule has 2 aromatic carbocycles. The van der Waals surface area contributed by atoms with Crippen molar-refractivity contribution in [2.24, 2.45) is 0 Å². The van der Waals surface area contributed by atoms with Crippen LogP contribution in [0.3, 0.4) is 0 Å². The topological polar surface area (TPSA) is 86.8 Å². The lowest BCUT2D eigenvalue weighted by Crippen LogP contribution is -2.14. The first-order chi connectivity index (χ1) is 16.0. The first-order valence-corrected chi connectivity index (χ1v) is 11.3. The Balaban J connectivity index is 1.48. The van der Waals surface area contributed by atoms with Gasteiger partial charge in [0.05, 0.1) is 25.8 Å². The van der Waals surface area contributed by atoms with Gasteiger partial charge in [0.1, 0.15) is 11.6 Å². The van der Waals surface area contributed by atoms with Crippen LogP contribution in [-0.2, 0) is 27.4 Å². The molecule has 8 heteroatoms. The Labute approximate surface area is 197 Å². The second-order valence-electron chi connectivity index (χ2n) is 7.11. The van der Waals surface area contributed by atoms with E-state index in [0.29, 0.717) is 28.8 Å². The SMILES string of the molecule is CCOc1ccc(/C=C/C(=O)OCc2csc(CC(=O)Nc3ccc(C)cc3)n2)cc1OC. The van der Waals surface area contributed by atoms with Crippen LogP contribution in [0.1, 0.15) is 28.8 Å². The van der Waals surface area contributed by atoms with Crippen molar-refractivity contribution in [3.05, 3.63) is 75.7 Å². The molecule has 0 aliphatic rings. The van der Waals surface area contributed by atoms with Crippen LogP contribution >= 0.6 is 11.3 Å². The van der Waals surface area contributed by atoms with Crippen molar-refractivity contribution in [1.82, 2.24) is 4.98 Å². The summed E-state index contributed by atoms with van der Waals surface area (Å²) in [6.07, 6.45) is 3.14. The first kappa shape index (κ1) is 24.0. The van der Waals surface area contributed by atoms with Gasteiger partial charge < -0.3 is 19.5 Å². The van der Waals surface area contributed by atoms with E-state index in [1.807, 2.05) is 44.2 Å². The third-order valence-electron chi connectivity index (χ3n) is 4.51. The molecule has 0 aliphatic heterocycles. The molecule has 1 amide bonds. The summed E-state index contributed by atoms with van der Waals surface area (Å²) in [4.78, 5) is 28.7. The van der Waals surface area contributed by atoms with Crippen molar-refractivity contribution in [3.8, 4) is 11.5 Å². The predicted octanol–water partition coefficient (Wildman–Crippen LogP) is 4.80. The van der Waals surface area contributed by atoms with Gasteiger partial charge in [-0.2, -0.15) is 0 Å². The van der Waals surface area contributed by atoms with Gasteiger partial charge in [-0.15, -0.1) is 11.3 Å². The minimum Gasteiger partial charge on any atom is -0.493 e. The van der Waals surface area contributed by atoms with E-state index in [2.05, 4.69) is 10.3 Å². The Kier molecular flexibility index (Phi) is 8.60. The summed E-state index contributed by atoms with van der Waals surface area (Å²) in [6, 6.07) is 13.0. The molecule has 33 heavy (non-hydrogen) atoms. The normalized spacial score (nSPS) is 10.8. The maximum absolute atomic E-state index is 12.2. The van der Waals surface area contributed by atoms with Crippen LogP contribution in [0.25, 0.3) is 6.08 Å². The van der Waals surface area contributed by atoms with Crippen LogP contribution in [0.15, 0.2) is 53.9 Å². The number of esters is 1. The summed E-state index contributed by atoms with van der Waals surface area (Å²) in [7, 11) is 1.56. The van der Waals surface area contributed by atoms with E-state index in [1.165, 1.54) is 17.4 Å². The van der Waals surface area contributed by atoms with Crippen LogP contribution in [0.4, 0.5) is 5.69 Å². The smallest absolute Gasteiger partial charge is 0.331 e. The van der Waals surface area contributed by atoms with Crippen molar-refractivity contribution in [3.63, 3.8) is 0 Å². The van der Waals surface area contributed by atoms with Gasteiger partial charge in [-0.25, -0.2) is 9.78 Å². The number of ether oxygens (including phenoxy) is 3. The molecule has 3 rings (SSSR count). The zero-order chi connectivity index (χ0) is 23.6. The minimum atomic E-state index is -0.491. The van der Waals surface area contributed by atoms with Gasteiger partial charge >= 0.3 is 5.97 Å². The number of amides is 1. The summed E-state index contributed by atoms with van der Waals surface area (Å²) >= 11 is 1.36. The van der Waals surface area contributed by atoms with Gasteiger partial charge in [0.25, 0.3) is 0 Å². The molecule has 0 unspecified atom stereocenters. The molecule has 0 radical (unpaired) electrons. The zero-order valence-corrected chi connectivity index (χ0v) is 19.6. The summed E-state index contributed by atoms with van der Waals surface area (Å²) in [5.74, 6) is 0.598. The number of hydrogen-bond donors (Lipinski definition) is 1. The number of anilines is 1. The average molecular weight is 467 g/mol. The van der Waals surface area contributed by atoms with Crippen molar-refractivity contribution < 1.29 is 23.8 Å². The summed E-state index contributed by atoms with van der Waals surface area (Å²) in [5.41, 5.74) is 3.25. The molecule has 0 bridgehead atoms. The maximum Gasteiger partial charge on any atom is 0.331 e. The number of benzene rings is 2. The van der Waals surface area contributed by atoms with E-state index in [9.17, 15) is 9.59 Å². The lowest BCUT2D eigenvalue weighted by Gasteiger charge is -2.09. The number of nitrogens with zero attached hydrogens (tertiary/aromatic N) is 1. The fraction of sp³-hybridized carbons (Fsp3) is 0.240. The van der Waals surface area contributed by atoms with Crippen molar-refractivity contribution in [1.29, 1.82) is 0 Å². The molecule has 1 heterocycles.